The Bertz CT molecular complexity index is 570. The van der Waals surface area contributed by atoms with Crippen LogP contribution in [-0.2, 0) is 0 Å². The molecule has 5 nitrogen and oxygen atoms in total. The van der Waals surface area contributed by atoms with Gasteiger partial charge in [-0.2, -0.15) is 5.10 Å². The lowest BCUT2D eigenvalue weighted by Gasteiger charge is -1.96. The van der Waals surface area contributed by atoms with Crippen molar-refractivity contribution in [2.75, 3.05) is 0 Å². The Morgan fingerprint density at radius 1 is 1.28 bits per heavy atom. The van der Waals surface area contributed by atoms with Crippen molar-refractivity contribution in [2.45, 2.75) is 6.92 Å². The van der Waals surface area contributed by atoms with E-state index in [1.807, 2.05) is 0 Å². The highest BCUT2D eigenvalue weighted by atomic mass is 16.3. The van der Waals surface area contributed by atoms with Gasteiger partial charge in [-0.05, 0) is 48.9 Å². The van der Waals surface area contributed by atoms with E-state index in [1.165, 1.54) is 6.21 Å². The van der Waals surface area contributed by atoms with Gasteiger partial charge in [0.25, 0.3) is 0 Å². The summed E-state index contributed by atoms with van der Waals surface area (Å²) in [7, 11) is 0. The normalized spacial score (nSPS) is 10.7. The molecule has 0 bridgehead atoms. The molecule has 0 atom stereocenters. The van der Waals surface area contributed by atoms with E-state index in [2.05, 4.69) is 10.5 Å². The van der Waals surface area contributed by atoms with Gasteiger partial charge in [0.15, 0.2) is 5.76 Å². The molecule has 1 aromatic carbocycles. The number of carbonyl (C=O) groups is 1. The minimum atomic E-state index is -0.405. The van der Waals surface area contributed by atoms with E-state index in [0.29, 0.717) is 5.76 Å². The number of nitrogens with one attached hydrogen (secondary N) is 1. The van der Waals surface area contributed by atoms with E-state index in [0.717, 1.165) is 5.56 Å². The van der Waals surface area contributed by atoms with E-state index in [4.69, 9.17) is 9.52 Å². The van der Waals surface area contributed by atoms with E-state index in [9.17, 15) is 4.79 Å². The summed E-state index contributed by atoms with van der Waals surface area (Å²) in [6.07, 6.45) is 1.48. The highest BCUT2D eigenvalue weighted by Crippen LogP contribution is 2.08. The molecular weight excluding hydrogens is 232 g/mol. The van der Waals surface area contributed by atoms with Crippen LogP contribution in [-0.4, -0.2) is 17.2 Å². The van der Waals surface area contributed by atoms with Crippen LogP contribution in [0, 0.1) is 6.92 Å². The molecule has 2 aromatic rings. The molecule has 18 heavy (non-hydrogen) atoms. The molecular formula is C13H12N2O3. The van der Waals surface area contributed by atoms with Gasteiger partial charge >= 0.3 is 5.91 Å². The number of rotatable bonds is 3. The maximum absolute atomic E-state index is 11.5. The molecule has 1 aromatic heterocycles. The first-order valence-electron chi connectivity index (χ1n) is 5.34. The molecule has 0 aliphatic heterocycles. The first-order chi connectivity index (χ1) is 8.65. The number of carbonyl (C=O) groups excluding carboxylic acids is 1. The van der Waals surface area contributed by atoms with E-state index >= 15 is 0 Å². The van der Waals surface area contributed by atoms with Crippen molar-refractivity contribution in [3.8, 4) is 5.75 Å². The lowest BCUT2D eigenvalue weighted by atomic mass is 10.2. The van der Waals surface area contributed by atoms with Crippen LogP contribution in [0.3, 0.4) is 0 Å². The lowest BCUT2D eigenvalue weighted by Crippen LogP contribution is -2.16. The van der Waals surface area contributed by atoms with Crippen LogP contribution >= 0.6 is 0 Å². The Hall–Kier alpha value is -2.56. The summed E-state index contributed by atoms with van der Waals surface area (Å²) in [5, 5.41) is 12.9. The average molecular weight is 244 g/mol. The van der Waals surface area contributed by atoms with Gasteiger partial charge in [0, 0.05) is 0 Å². The van der Waals surface area contributed by atoms with Crippen molar-refractivity contribution in [1.82, 2.24) is 5.43 Å². The van der Waals surface area contributed by atoms with Gasteiger partial charge in [-0.25, -0.2) is 5.43 Å². The highest BCUT2D eigenvalue weighted by Gasteiger charge is 2.07. The quantitative estimate of drug-likeness (QED) is 0.641. The predicted octanol–water partition coefficient (Wildman–Crippen LogP) is 2.06. The van der Waals surface area contributed by atoms with E-state index in [-0.39, 0.29) is 11.5 Å². The zero-order chi connectivity index (χ0) is 13.0. The van der Waals surface area contributed by atoms with Crippen LogP contribution in [0.1, 0.15) is 21.9 Å². The fourth-order valence-electron chi connectivity index (χ4n) is 1.34. The third-order valence-corrected chi connectivity index (χ3v) is 2.24. The number of hydrogen-bond acceptors (Lipinski definition) is 4. The molecule has 0 saturated heterocycles. The minimum absolute atomic E-state index is 0.183. The Morgan fingerprint density at radius 3 is 2.61 bits per heavy atom. The highest BCUT2D eigenvalue weighted by molar-refractivity contribution is 5.92. The largest absolute Gasteiger partial charge is 0.508 e. The van der Waals surface area contributed by atoms with E-state index < -0.39 is 5.91 Å². The summed E-state index contributed by atoms with van der Waals surface area (Å²) >= 11 is 0. The number of amides is 1. The van der Waals surface area contributed by atoms with Gasteiger partial charge in [-0.1, -0.05) is 0 Å². The smallest absolute Gasteiger partial charge is 0.307 e. The molecule has 1 amide bonds. The van der Waals surface area contributed by atoms with Crippen LogP contribution in [0.5, 0.6) is 5.75 Å². The SMILES string of the molecule is Cc1ccc(C(=O)NN=Cc2ccc(O)cc2)o1. The summed E-state index contributed by atoms with van der Waals surface area (Å²) in [6, 6.07) is 9.74. The molecule has 1 heterocycles. The third kappa shape index (κ3) is 2.98. The second-order valence-electron chi connectivity index (χ2n) is 3.70. The maximum atomic E-state index is 11.5. The zero-order valence-electron chi connectivity index (χ0n) is 9.75. The van der Waals surface area contributed by atoms with Crippen molar-refractivity contribution in [3.63, 3.8) is 0 Å². The fraction of sp³-hybridized carbons (Fsp3) is 0.0769. The predicted molar refractivity (Wildman–Crippen MR) is 66.6 cm³/mol. The Balaban J connectivity index is 1.95. The van der Waals surface area contributed by atoms with Crippen LogP contribution < -0.4 is 5.43 Å². The van der Waals surface area contributed by atoms with Gasteiger partial charge in [0.05, 0.1) is 6.21 Å². The fourth-order valence-corrected chi connectivity index (χ4v) is 1.34. The summed E-state index contributed by atoms with van der Waals surface area (Å²) in [5.74, 6) is 0.665. The zero-order valence-corrected chi connectivity index (χ0v) is 9.75. The Morgan fingerprint density at radius 2 is 2.00 bits per heavy atom. The summed E-state index contributed by atoms with van der Waals surface area (Å²) in [4.78, 5) is 11.5. The second-order valence-corrected chi connectivity index (χ2v) is 3.70. The Labute approximate surface area is 104 Å². The van der Waals surface area contributed by atoms with Gasteiger partial charge in [0.2, 0.25) is 0 Å². The standard InChI is InChI=1S/C13H12N2O3/c1-9-2-7-12(18-9)13(17)15-14-8-10-3-5-11(16)6-4-10/h2-8,16H,1H3,(H,15,17). The molecule has 2 rings (SSSR count). The first-order valence-corrected chi connectivity index (χ1v) is 5.34. The summed E-state index contributed by atoms with van der Waals surface area (Å²) in [5.41, 5.74) is 3.12. The third-order valence-electron chi connectivity index (χ3n) is 2.24. The molecule has 0 aliphatic carbocycles. The summed E-state index contributed by atoms with van der Waals surface area (Å²) < 4.78 is 5.14. The number of phenols is 1. The lowest BCUT2D eigenvalue weighted by molar-refractivity contribution is 0.0926. The Kier molecular flexibility index (Phi) is 3.43. The van der Waals surface area contributed by atoms with Crippen LogP contribution in [0.25, 0.3) is 0 Å². The molecule has 5 heteroatoms. The molecule has 0 aliphatic rings. The van der Waals surface area contributed by atoms with Crippen molar-refractivity contribution in [2.24, 2.45) is 5.10 Å². The number of aromatic hydroxyl groups is 1. The average Bonchev–Trinajstić information content (AvgIpc) is 2.78. The van der Waals surface area contributed by atoms with Gasteiger partial charge in [0.1, 0.15) is 11.5 Å². The molecule has 0 saturated carbocycles. The maximum Gasteiger partial charge on any atom is 0.307 e. The molecule has 2 N–H and O–H groups in total. The molecule has 0 unspecified atom stereocenters. The number of hydrogen-bond donors (Lipinski definition) is 2. The number of phenolic OH excluding ortho intramolecular Hbond substituents is 1. The van der Waals surface area contributed by atoms with Crippen molar-refractivity contribution < 1.29 is 14.3 Å². The van der Waals surface area contributed by atoms with Crippen molar-refractivity contribution >= 4 is 12.1 Å². The molecule has 0 radical (unpaired) electrons. The van der Waals surface area contributed by atoms with Gasteiger partial charge in [-0.15, -0.1) is 0 Å². The van der Waals surface area contributed by atoms with Crippen LogP contribution in [0.2, 0.25) is 0 Å². The van der Waals surface area contributed by atoms with Crippen molar-refractivity contribution in [1.29, 1.82) is 0 Å². The van der Waals surface area contributed by atoms with Crippen LogP contribution in [0.4, 0.5) is 0 Å². The monoisotopic (exact) mass is 244 g/mol. The molecule has 92 valence electrons. The van der Waals surface area contributed by atoms with Gasteiger partial charge in [-0.3, -0.25) is 4.79 Å². The van der Waals surface area contributed by atoms with Crippen molar-refractivity contribution in [3.05, 3.63) is 53.5 Å². The number of furan rings is 1. The number of aryl methyl sites for hydroxylation is 1. The second kappa shape index (κ2) is 5.18. The topological polar surface area (TPSA) is 74.8 Å². The number of nitrogens with zero attached hydrogens (tertiary/aromatic N) is 1. The van der Waals surface area contributed by atoms with Crippen LogP contribution in [0.15, 0.2) is 45.9 Å². The van der Waals surface area contributed by atoms with Gasteiger partial charge < -0.3 is 9.52 Å². The minimum Gasteiger partial charge on any atom is -0.508 e. The first kappa shape index (κ1) is 11.9. The summed E-state index contributed by atoms with van der Waals surface area (Å²) in [6.45, 7) is 1.76. The molecule has 0 spiro atoms. The molecule has 0 fully saturated rings. The van der Waals surface area contributed by atoms with E-state index in [1.54, 1.807) is 43.3 Å². The number of hydrazone groups is 1. The number of benzene rings is 1.